The SMILES string of the molecule is CCCCCCCCCC(O)CCc1nccn1C. The Balaban J connectivity index is 1.96. The zero-order chi connectivity index (χ0) is 13.9. The second kappa shape index (κ2) is 10.0. The number of aliphatic hydroxyl groups is 1. The third kappa shape index (κ3) is 7.36. The van der Waals surface area contributed by atoms with E-state index in [1.165, 1.54) is 38.5 Å². The highest BCUT2D eigenvalue weighted by Crippen LogP contribution is 2.12. The third-order valence-electron chi connectivity index (χ3n) is 3.76. The van der Waals surface area contributed by atoms with Crippen LogP contribution in [0.3, 0.4) is 0 Å². The fourth-order valence-corrected chi connectivity index (χ4v) is 2.41. The largest absolute Gasteiger partial charge is 0.393 e. The summed E-state index contributed by atoms with van der Waals surface area (Å²) in [5, 5.41) is 9.94. The Hall–Kier alpha value is -0.830. The number of aliphatic hydroxyl groups excluding tert-OH is 1. The van der Waals surface area contributed by atoms with Gasteiger partial charge in [0, 0.05) is 25.9 Å². The number of imidazole rings is 1. The fraction of sp³-hybridized carbons (Fsp3) is 0.812. The van der Waals surface area contributed by atoms with Gasteiger partial charge >= 0.3 is 0 Å². The minimum Gasteiger partial charge on any atom is -0.393 e. The van der Waals surface area contributed by atoms with Crippen LogP contribution < -0.4 is 0 Å². The normalized spacial score (nSPS) is 12.8. The Bertz CT molecular complexity index is 322. The molecule has 0 aliphatic carbocycles. The van der Waals surface area contributed by atoms with Gasteiger partial charge in [0.25, 0.3) is 0 Å². The summed E-state index contributed by atoms with van der Waals surface area (Å²) in [6.45, 7) is 2.25. The van der Waals surface area contributed by atoms with Crippen LogP contribution >= 0.6 is 0 Å². The van der Waals surface area contributed by atoms with E-state index in [0.717, 1.165) is 31.5 Å². The molecule has 0 aliphatic heterocycles. The number of nitrogens with zero attached hydrogens (tertiary/aromatic N) is 2. The standard InChI is InChI=1S/C16H30N2O/c1-3-4-5-6-7-8-9-10-15(19)11-12-16-17-13-14-18(16)2/h13-15,19H,3-12H2,1-2H3. The van der Waals surface area contributed by atoms with Gasteiger partial charge < -0.3 is 9.67 Å². The van der Waals surface area contributed by atoms with Gasteiger partial charge in [-0.3, -0.25) is 0 Å². The zero-order valence-electron chi connectivity index (χ0n) is 12.6. The first kappa shape index (κ1) is 16.2. The molecule has 110 valence electrons. The first-order valence-corrected chi connectivity index (χ1v) is 7.88. The molecule has 1 N–H and O–H groups in total. The van der Waals surface area contributed by atoms with Crippen LogP contribution in [0.25, 0.3) is 0 Å². The summed E-state index contributed by atoms with van der Waals surface area (Å²) < 4.78 is 2.03. The lowest BCUT2D eigenvalue weighted by Crippen LogP contribution is -2.09. The van der Waals surface area contributed by atoms with Crippen molar-refractivity contribution in [2.24, 2.45) is 7.05 Å². The molecular weight excluding hydrogens is 236 g/mol. The summed E-state index contributed by atoms with van der Waals surface area (Å²) in [6.07, 6.45) is 15.4. The van der Waals surface area contributed by atoms with Crippen LogP contribution in [0, 0.1) is 0 Å². The predicted molar refractivity (Wildman–Crippen MR) is 80.1 cm³/mol. The van der Waals surface area contributed by atoms with Gasteiger partial charge in [-0.05, 0) is 12.8 Å². The molecule has 0 amide bonds. The van der Waals surface area contributed by atoms with Crippen molar-refractivity contribution in [3.05, 3.63) is 18.2 Å². The average Bonchev–Trinajstić information content (AvgIpc) is 2.81. The molecule has 0 fully saturated rings. The fourth-order valence-electron chi connectivity index (χ4n) is 2.41. The van der Waals surface area contributed by atoms with Crippen molar-refractivity contribution in [3.63, 3.8) is 0 Å². The Kier molecular flexibility index (Phi) is 8.55. The smallest absolute Gasteiger partial charge is 0.108 e. The molecule has 19 heavy (non-hydrogen) atoms. The molecular formula is C16H30N2O. The molecule has 0 bridgehead atoms. The molecule has 0 saturated carbocycles. The van der Waals surface area contributed by atoms with E-state index in [9.17, 15) is 5.11 Å². The van der Waals surface area contributed by atoms with Gasteiger partial charge in [0.1, 0.15) is 5.82 Å². The van der Waals surface area contributed by atoms with Crippen LogP contribution in [0.5, 0.6) is 0 Å². The highest BCUT2D eigenvalue weighted by molar-refractivity contribution is 4.91. The van der Waals surface area contributed by atoms with Gasteiger partial charge in [0.15, 0.2) is 0 Å². The second-order valence-electron chi connectivity index (χ2n) is 5.56. The van der Waals surface area contributed by atoms with E-state index in [4.69, 9.17) is 0 Å². The molecule has 0 radical (unpaired) electrons. The lowest BCUT2D eigenvalue weighted by Gasteiger charge is -2.10. The number of hydrogen-bond acceptors (Lipinski definition) is 2. The van der Waals surface area contributed by atoms with Gasteiger partial charge in [0.05, 0.1) is 6.10 Å². The van der Waals surface area contributed by atoms with Crippen LogP contribution in [0.1, 0.15) is 70.5 Å². The van der Waals surface area contributed by atoms with E-state index >= 15 is 0 Å². The van der Waals surface area contributed by atoms with Crippen LogP contribution in [0.4, 0.5) is 0 Å². The number of aryl methyl sites for hydroxylation is 2. The van der Waals surface area contributed by atoms with Crippen molar-refractivity contribution in [2.75, 3.05) is 0 Å². The molecule has 1 aromatic rings. The molecule has 0 spiro atoms. The van der Waals surface area contributed by atoms with Gasteiger partial charge in [-0.2, -0.15) is 0 Å². The van der Waals surface area contributed by atoms with Crippen LogP contribution in [0.2, 0.25) is 0 Å². The number of hydrogen-bond donors (Lipinski definition) is 1. The molecule has 3 heteroatoms. The maximum atomic E-state index is 9.94. The Labute approximate surface area is 118 Å². The van der Waals surface area contributed by atoms with E-state index in [1.807, 2.05) is 24.0 Å². The molecule has 0 aromatic carbocycles. The quantitative estimate of drug-likeness (QED) is 0.618. The van der Waals surface area contributed by atoms with Crippen molar-refractivity contribution in [3.8, 4) is 0 Å². The predicted octanol–water partition coefficient (Wildman–Crippen LogP) is 3.85. The number of rotatable bonds is 11. The van der Waals surface area contributed by atoms with Crippen LogP contribution in [0.15, 0.2) is 12.4 Å². The zero-order valence-corrected chi connectivity index (χ0v) is 12.6. The van der Waals surface area contributed by atoms with Crippen molar-refractivity contribution < 1.29 is 5.11 Å². The maximum Gasteiger partial charge on any atom is 0.108 e. The van der Waals surface area contributed by atoms with Gasteiger partial charge in [-0.25, -0.2) is 4.98 Å². The lowest BCUT2D eigenvalue weighted by atomic mass is 10.0. The maximum absolute atomic E-state index is 9.94. The van der Waals surface area contributed by atoms with Crippen molar-refractivity contribution in [1.29, 1.82) is 0 Å². The highest BCUT2D eigenvalue weighted by atomic mass is 16.3. The second-order valence-corrected chi connectivity index (χ2v) is 5.56. The summed E-state index contributed by atoms with van der Waals surface area (Å²) >= 11 is 0. The third-order valence-corrected chi connectivity index (χ3v) is 3.76. The topological polar surface area (TPSA) is 38.1 Å². The molecule has 0 saturated heterocycles. The lowest BCUT2D eigenvalue weighted by molar-refractivity contribution is 0.150. The minimum absolute atomic E-state index is 0.160. The highest BCUT2D eigenvalue weighted by Gasteiger charge is 2.06. The Morgan fingerprint density at radius 1 is 1.11 bits per heavy atom. The molecule has 1 heterocycles. The van der Waals surface area contributed by atoms with E-state index in [2.05, 4.69) is 11.9 Å². The molecule has 1 rings (SSSR count). The van der Waals surface area contributed by atoms with Crippen molar-refractivity contribution in [2.45, 2.75) is 77.2 Å². The molecule has 1 aromatic heterocycles. The molecule has 1 unspecified atom stereocenters. The molecule has 0 aliphatic rings. The first-order chi connectivity index (χ1) is 9.24. The summed E-state index contributed by atoms with van der Waals surface area (Å²) in [5.41, 5.74) is 0. The minimum atomic E-state index is -0.160. The molecule has 3 nitrogen and oxygen atoms in total. The van der Waals surface area contributed by atoms with Crippen molar-refractivity contribution in [1.82, 2.24) is 9.55 Å². The van der Waals surface area contributed by atoms with Crippen molar-refractivity contribution >= 4 is 0 Å². The van der Waals surface area contributed by atoms with E-state index in [-0.39, 0.29) is 6.10 Å². The summed E-state index contributed by atoms with van der Waals surface area (Å²) in [4.78, 5) is 4.28. The summed E-state index contributed by atoms with van der Waals surface area (Å²) in [6, 6.07) is 0. The molecule has 1 atom stereocenters. The summed E-state index contributed by atoms with van der Waals surface area (Å²) in [5.74, 6) is 1.07. The first-order valence-electron chi connectivity index (χ1n) is 7.88. The van der Waals surface area contributed by atoms with E-state index in [1.54, 1.807) is 0 Å². The Morgan fingerprint density at radius 3 is 2.42 bits per heavy atom. The van der Waals surface area contributed by atoms with E-state index < -0.39 is 0 Å². The average molecular weight is 266 g/mol. The number of unbranched alkanes of at least 4 members (excludes halogenated alkanes) is 6. The van der Waals surface area contributed by atoms with Crippen LogP contribution in [-0.2, 0) is 13.5 Å². The van der Waals surface area contributed by atoms with Gasteiger partial charge in [-0.1, -0.05) is 51.9 Å². The summed E-state index contributed by atoms with van der Waals surface area (Å²) in [7, 11) is 2.00. The van der Waals surface area contributed by atoms with Gasteiger partial charge in [-0.15, -0.1) is 0 Å². The number of aromatic nitrogens is 2. The van der Waals surface area contributed by atoms with E-state index in [0.29, 0.717) is 0 Å². The van der Waals surface area contributed by atoms with Gasteiger partial charge in [0.2, 0.25) is 0 Å². The Morgan fingerprint density at radius 2 is 1.79 bits per heavy atom. The van der Waals surface area contributed by atoms with Crippen LogP contribution in [-0.4, -0.2) is 20.8 Å². The monoisotopic (exact) mass is 266 g/mol.